The van der Waals surface area contributed by atoms with Crippen LogP contribution in [-0.4, -0.2) is 34.4 Å². The van der Waals surface area contributed by atoms with E-state index in [-0.39, 0.29) is 5.03 Å². The first-order valence-electron chi connectivity index (χ1n) is 8.96. The molecule has 0 aliphatic rings. The number of fused-ring (bicyclic) bond motifs is 1. The van der Waals surface area contributed by atoms with E-state index in [9.17, 15) is 8.42 Å². The van der Waals surface area contributed by atoms with E-state index in [1.54, 1.807) is 36.7 Å². The molecule has 1 aromatic carbocycles. The average Bonchev–Trinajstić information content (AvgIpc) is 3.08. The van der Waals surface area contributed by atoms with E-state index in [1.807, 2.05) is 32.0 Å². The number of sulfone groups is 1. The number of benzene rings is 1. The molecule has 29 heavy (non-hydrogen) atoms. The second kappa shape index (κ2) is 6.75. The summed E-state index contributed by atoms with van der Waals surface area (Å²) in [5, 5.41) is 4.85. The van der Waals surface area contributed by atoms with Crippen molar-refractivity contribution < 1.29 is 8.42 Å². The summed E-state index contributed by atoms with van der Waals surface area (Å²) in [6.07, 6.45) is 4.55. The molecule has 147 valence electrons. The van der Waals surface area contributed by atoms with Crippen LogP contribution in [0, 0.1) is 6.07 Å². The molecule has 7 nitrogen and oxygen atoms in total. The summed E-state index contributed by atoms with van der Waals surface area (Å²) in [4.78, 5) is 8.89. The Hall–Kier alpha value is -3.10. The first-order valence-corrected chi connectivity index (χ1v) is 10.8. The Kier molecular flexibility index (Phi) is 4.48. The summed E-state index contributed by atoms with van der Waals surface area (Å²) < 4.78 is 25.7. The van der Waals surface area contributed by atoms with Crippen LogP contribution in [0.5, 0.6) is 0 Å². The first kappa shape index (κ1) is 19.2. The van der Waals surface area contributed by atoms with Gasteiger partial charge in [-0.05, 0) is 61.9 Å². The van der Waals surface area contributed by atoms with Crippen molar-refractivity contribution >= 4 is 20.7 Å². The molecule has 4 aromatic rings. The van der Waals surface area contributed by atoms with Gasteiger partial charge in [-0.2, -0.15) is 5.10 Å². The highest BCUT2D eigenvalue weighted by Gasteiger charge is 2.20. The molecule has 3 aromatic heterocycles. The molecule has 0 saturated carbocycles. The Bertz CT molecular complexity index is 1300. The summed E-state index contributed by atoms with van der Waals surface area (Å²) >= 11 is 0. The number of rotatable bonds is 4. The van der Waals surface area contributed by atoms with Crippen LogP contribution in [0.2, 0.25) is 0 Å². The second-order valence-electron chi connectivity index (χ2n) is 7.49. The van der Waals surface area contributed by atoms with Gasteiger partial charge in [0.05, 0.1) is 11.2 Å². The predicted molar refractivity (Wildman–Crippen MR) is 111 cm³/mol. The molecule has 4 rings (SSSR count). The van der Waals surface area contributed by atoms with Crippen LogP contribution < -0.4 is 5.73 Å². The lowest BCUT2D eigenvalue weighted by Crippen LogP contribution is -2.28. The Balaban J connectivity index is 1.79. The zero-order valence-corrected chi connectivity index (χ0v) is 17.1. The number of pyridine rings is 2. The van der Waals surface area contributed by atoms with Gasteiger partial charge >= 0.3 is 0 Å². The maximum Gasteiger partial charge on any atom is 0.195 e. The van der Waals surface area contributed by atoms with Crippen LogP contribution in [0.3, 0.4) is 0 Å². The largest absolute Gasteiger partial charge is 0.322 e. The first-order chi connectivity index (χ1) is 13.6. The van der Waals surface area contributed by atoms with Gasteiger partial charge in [0.15, 0.2) is 20.7 Å². The van der Waals surface area contributed by atoms with Gasteiger partial charge in [-0.3, -0.25) is 4.98 Å². The quantitative estimate of drug-likeness (QED) is 0.559. The summed E-state index contributed by atoms with van der Waals surface area (Å²) in [5.74, 6) is 0.503. The fourth-order valence-electron chi connectivity index (χ4n) is 3.08. The predicted octanol–water partition coefficient (Wildman–Crippen LogP) is 2.88. The van der Waals surface area contributed by atoms with Crippen LogP contribution in [0.1, 0.15) is 19.4 Å². The Morgan fingerprint density at radius 3 is 2.59 bits per heavy atom. The van der Waals surface area contributed by atoms with Crippen LogP contribution in [-0.2, 0) is 15.4 Å². The van der Waals surface area contributed by atoms with E-state index in [4.69, 9.17) is 5.73 Å². The van der Waals surface area contributed by atoms with Gasteiger partial charge in [0, 0.05) is 35.1 Å². The molecule has 0 spiro atoms. The molecule has 0 amide bonds. The lowest BCUT2D eigenvalue weighted by molar-refractivity contribution is 0.554. The zero-order valence-electron chi connectivity index (χ0n) is 16.3. The van der Waals surface area contributed by atoms with E-state index in [2.05, 4.69) is 21.1 Å². The minimum atomic E-state index is -3.48. The van der Waals surface area contributed by atoms with Crippen molar-refractivity contribution in [3.05, 3.63) is 66.5 Å². The van der Waals surface area contributed by atoms with Crippen molar-refractivity contribution in [1.82, 2.24) is 19.7 Å². The number of nitrogens with zero attached hydrogens (tertiary/aromatic N) is 4. The van der Waals surface area contributed by atoms with Crippen LogP contribution >= 0.6 is 0 Å². The SMILES string of the molecule is CC(C)(N)c1ccnc(-c2ccc(-n3nc(S(C)(=O)=O)c4cc[c]cc43)nc2)c1. The third-order valence-corrected chi connectivity index (χ3v) is 5.61. The molecule has 0 aliphatic heterocycles. The van der Waals surface area contributed by atoms with Crippen molar-refractivity contribution in [2.75, 3.05) is 6.26 Å². The molecule has 0 atom stereocenters. The van der Waals surface area contributed by atoms with Crippen molar-refractivity contribution in [2.45, 2.75) is 24.4 Å². The minimum Gasteiger partial charge on any atom is -0.322 e. The standard InChI is InChI=1S/C21H20N5O2S/c1-21(2,22)15-10-11-23-17(12-15)14-8-9-19(24-13-14)26-18-7-5-4-6-16(18)20(25-26)29(3,27)28/h4,6-13H,22H2,1-3H3. The smallest absolute Gasteiger partial charge is 0.195 e. The van der Waals surface area contributed by atoms with E-state index in [0.717, 1.165) is 23.1 Å². The van der Waals surface area contributed by atoms with Gasteiger partial charge in [-0.1, -0.05) is 6.07 Å². The maximum atomic E-state index is 12.1. The van der Waals surface area contributed by atoms with Gasteiger partial charge in [0.1, 0.15) is 0 Å². The van der Waals surface area contributed by atoms with Gasteiger partial charge < -0.3 is 5.73 Å². The van der Waals surface area contributed by atoms with Crippen LogP contribution in [0.25, 0.3) is 28.0 Å². The van der Waals surface area contributed by atoms with E-state index in [0.29, 0.717) is 16.7 Å². The third kappa shape index (κ3) is 3.64. The summed E-state index contributed by atoms with van der Waals surface area (Å²) in [6.45, 7) is 3.87. The van der Waals surface area contributed by atoms with Gasteiger partial charge in [0.25, 0.3) is 0 Å². The van der Waals surface area contributed by atoms with Gasteiger partial charge in [0.2, 0.25) is 0 Å². The highest BCUT2D eigenvalue weighted by molar-refractivity contribution is 7.90. The molecule has 3 heterocycles. The fraction of sp³-hybridized carbons (Fsp3) is 0.190. The van der Waals surface area contributed by atoms with E-state index in [1.165, 1.54) is 4.68 Å². The number of hydrogen-bond donors (Lipinski definition) is 1. The van der Waals surface area contributed by atoms with E-state index < -0.39 is 15.4 Å². The van der Waals surface area contributed by atoms with Crippen molar-refractivity contribution in [2.24, 2.45) is 5.73 Å². The fourth-order valence-corrected chi connectivity index (χ4v) is 3.88. The van der Waals surface area contributed by atoms with Crippen LogP contribution in [0.4, 0.5) is 0 Å². The topological polar surface area (TPSA) is 104 Å². The van der Waals surface area contributed by atoms with Crippen molar-refractivity contribution in [3.8, 4) is 17.1 Å². The molecular weight excluding hydrogens is 386 g/mol. The molecule has 0 bridgehead atoms. The Labute approximate surface area is 169 Å². The minimum absolute atomic E-state index is 0.0203. The number of hydrogen-bond acceptors (Lipinski definition) is 6. The van der Waals surface area contributed by atoms with E-state index >= 15 is 0 Å². The maximum absolute atomic E-state index is 12.1. The highest BCUT2D eigenvalue weighted by atomic mass is 32.2. The zero-order chi connectivity index (χ0) is 20.8. The summed E-state index contributed by atoms with van der Waals surface area (Å²) in [5.41, 5.74) is 8.89. The monoisotopic (exact) mass is 406 g/mol. The summed E-state index contributed by atoms with van der Waals surface area (Å²) in [7, 11) is -3.48. The average molecular weight is 406 g/mol. The molecular formula is C21H20N5O2S. The molecule has 2 N–H and O–H groups in total. The molecule has 0 saturated heterocycles. The summed E-state index contributed by atoms with van der Waals surface area (Å²) in [6, 6.07) is 15.5. The molecule has 1 radical (unpaired) electrons. The Morgan fingerprint density at radius 1 is 1.14 bits per heavy atom. The lowest BCUT2D eigenvalue weighted by atomic mass is 9.95. The van der Waals surface area contributed by atoms with Crippen molar-refractivity contribution in [3.63, 3.8) is 0 Å². The van der Waals surface area contributed by atoms with Gasteiger partial charge in [-0.15, -0.1) is 0 Å². The normalized spacial score (nSPS) is 12.4. The van der Waals surface area contributed by atoms with Crippen LogP contribution in [0.15, 0.2) is 59.9 Å². The highest BCUT2D eigenvalue weighted by Crippen LogP contribution is 2.26. The lowest BCUT2D eigenvalue weighted by Gasteiger charge is -2.19. The van der Waals surface area contributed by atoms with Crippen molar-refractivity contribution in [1.29, 1.82) is 0 Å². The molecule has 0 unspecified atom stereocenters. The second-order valence-corrected chi connectivity index (χ2v) is 9.42. The van der Waals surface area contributed by atoms with Gasteiger partial charge in [-0.25, -0.2) is 18.1 Å². The Morgan fingerprint density at radius 2 is 1.93 bits per heavy atom. The number of aromatic nitrogens is 4. The molecule has 0 fully saturated rings. The third-order valence-electron chi connectivity index (χ3n) is 4.61. The molecule has 0 aliphatic carbocycles. The number of nitrogens with two attached hydrogens (primary N) is 1. The molecule has 8 heteroatoms.